The van der Waals surface area contributed by atoms with E-state index >= 15 is 0 Å². The Balaban J connectivity index is 7.37. The van der Waals surface area contributed by atoms with E-state index in [1.54, 1.807) is 0 Å². The number of carboxylic acid groups (broad SMARTS) is 1. The van der Waals surface area contributed by atoms with Crippen LogP contribution in [0.25, 0.3) is 0 Å². The van der Waals surface area contributed by atoms with Crippen LogP contribution in [0.5, 0.6) is 0 Å². The fraction of sp³-hybridized carbons (Fsp3) is 0.875. The Labute approximate surface area is 125 Å². The lowest BCUT2D eigenvalue weighted by atomic mass is 9.71. The van der Waals surface area contributed by atoms with Crippen molar-refractivity contribution in [2.45, 2.75) is 36.3 Å². The van der Waals surface area contributed by atoms with Crippen molar-refractivity contribution in [1.29, 1.82) is 0 Å². The molecule has 0 bridgehead atoms. The van der Waals surface area contributed by atoms with Gasteiger partial charge < -0.3 is 9.90 Å². The lowest BCUT2D eigenvalue weighted by molar-refractivity contribution is -0.478. The molecule has 0 aliphatic rings. The van der Waals surface area contributed by atoms with Gasteiger partial charge in [0.05, 0.1) is 5.97 Å². The smallest absolute Gasteiger partial charge is 0.459 e. The minimum absolute atomic E-state index is 5.25. The van der Waals surface area contributed by atoms with Crippen molar-refractivity contribution in [2.75, 3.05) is 0 Å². The second-order valence-corrected chi connectivity index (χ2v) is 4.25. The van der Waals surface area contributed by atoms with Crippen LogP contribution in [0.4, 0.5) is 65.9 Å². The summed E-state index contributed by atoms with van der Waals surface area (Å²) >= 11 is 0. The second-order valence-electron chi connectivity index (χ2n) is 4.25. The van der Waals surface area contributed by atoms with Gasteiger partial charge in [-0.3, -0.25) is 0 Å². The molecule has 0 amide bonds. The zero-order chi connectivity index (χ0) is 21.1. The average molecular weight is 413 g/mol. The summed E-state index contributed by atoms with van der Waals surface area (Å²) < 4.78 is 187. The third kappa shape index (κ3) is 2.74. The summed E-state index contributed by atoms with van der Waals surface area (Å²) in [6, 6.07) is 0. The van der Waals surface area contributed by atoms with E-state index in [1.807, 2.05) is 0 Å². The molecule has 17 heteroatoms. The Bertz CT molecular complexity index is 523. The SMILES string of the molecule is O=C([O-])C(C(F)(F)F)(C(F)(F)C(F)(F)F)C(F)(F)C(F)(F)C(F)(F)F. The van der Waals surface area contributed by atoms with Crippen molar-refractivity contribution in [1.82, 2.24) is 0 Å². The third-order valence-electron chi connectivity index (χ3n) is 2.78. The Hall–Kier alpha value is -1.58. The fourth-order valence-corrected chi connectivity index (χ4v) is 1.55. The first-order valence-corrected chi connectivity index (χ1v) is 4.99. The van der Waals surface area contributed by atoms with Crippen LogP contribution in [0.1, 0.15) is 0 Å². The topological polar surface area (TPSA) is 40.1 Å². The van der Waals surface area contributed by atoms with Crippen molar-refractivity contribution in [2.24, 2.45) is 5.41 Å². The Morgan fingerprint density at radius 3 is 0.920 bits per heavy atom. The molecule has 0 saturated heterocycles. The van der Waals surface area contributed by atoms with Gasteiger partial charge >= 0.3 is 36.3 Å². The lowest BCUT2D eigenvalue weighted by Gasteiger charge is -2.48. The van der Waals surface area contributed by atoms with Gasteiger partial charge in [0.2, 0.25) is 5.41 Å². The van der Waals surface area contributed by atoms with Gasteiger partial charge in [-0.15, -0.1) is 0 Å². The molecule has 0 aliphatic carbocycles. The highest BCUT2D eigenvalue weighted by Gasteiger charge is 2.95. The molecule has 0 N–H and O–H groups in total. The molecule has 0 saturated carbocycles. The monoisotopic (exact) mass is 413 g/mol. The summed E-state index contributed by atoms with van der Waals surface area (Å²) in [6.07, 6.45) is -24.0. The first kappa shape index (κ1) is 23.4. The highest BCUT2D eigenvalue weighted by molar-refractivity contribution is 5.77. The molecular formula is C8F15O2-. The molecule has 0 rings (SSSR count). The van der Waals surface area contributed by atoms with Crippen molar-refractivity contribution in [3.05, 3.63) is 0 Å². The summed E-state index contributed by atoms with van der Waals surface area (Å²) in [5.41, 5.74) is -8.30. The quantitative estimate of drug-likeness (QED) is 0.664. The van der Waals surface area contributed by atoms with Crippen molar-refractivity contribution in [3.63, 3.8) is 0 Å². The van der Waals surface area contributed by atoms with Crippen LogP contribution in [-0.4, -0.2) is 42.3 Å². The van der Waals surface area contributed by atoms with Gasteiger partial charge in [0.25, 0.3) is 0 Å². The molecular weight excluding hydrogens is 413 g/mol. The van der Waals surface area contributed by atoms with E-state index in [-0.39, 0.29) is 0 Å². The molecule has 0 spiro atoms. The van der Waals surface area contributed by atoms with Gasteiger partial charge in [0, 0.05) is 0 Å². The zero-order valence-electron chi connectivity index (χ0n) is 10.5. The first-order valence-electron chi connectivity index (χ1n) is 4.99. The van der Waals surface area contributed by atoms with Gasteiger partial charge in [0.1, 0.15) is 0 Å². The van der Waals surface area contributed by atoms with Crippen LogP contribution in [0.3, 0.4) is 0 Å². The molecule has 2 nitrogen and oxygen atoms in total. The minimum atomic E-state index is -8.58. The molecule has 0 fully saturated rings. The largest absolute Gasteiger partial charge is 0.549 e. The maximum atomic E-state index is 13.2. The van der Waals surface area contributed by atoms with Gasteiger partial charge in [-0.25, -0.2) is 0 Å². The van der Waals surface area contributed by atoms with Gasteiger partial charge in [-0.1, -0.05) is 0 Å². The van der Waals surface area contributed by atoms with Gasteiger partial charge in [-0.05, 0) is 0 Å². The molecule has 0 aromatic rings. The van der Waals surface area contributed by atoms with Crippen molar-refractivity contribution in [3.8, 4) is 0 Å². The molecule has 0 aliphatic heterocycles. The van der Waals surface area contributed by atoms with Crippen LogP contribution >= 0.6 is 0 Å². The first-order chi connectivity index (χ1) is 10.4. The number of carbonyl (C=O) groups is 1. The predicted octanol–water partition coefficient (Wildman–Crippen LogP) is 3.32. The minimum Gasteiger partial charge on any atom is -0.549 e. The Morgan fingerprint density at radius 2 is 0.760 bits per heavy atom. The highest BCUT2D eigenvalue weighted by atomic mass is 19.4. The molecule has 1 atom stereocenters. The Kier molecular flexibility index (Phi) is 5.11. The van der Waals surface area contributed by atoms with E-state index < -0.39 is 47.7 Å². The van der Waals surface area contributed by atoms with Crippen molar-refractivity contribution >= 4 is 5.97 Å². The van der Waals surface area contributed by atoms with Gasteiger partial charge in [0.15, 0.2) is 0 Å². The average Bonchev–Trinajstić information content (AvgIpc) is 2.21. The summed E-state index contributed by atoms with van der Waals surface area (Å²) in [5, 5.41) is 10.2. The molecule has 25 heavy (non-hydrogen) atoms. The number of aliphatic carboxylic acids is 1. The number of alkyl halides is 15. The molecule has 0 heterocycles. The van der Waals surface area contributed by atoms with Crippen LogP contribution in [0.15, 0.2) is 0 Å². The molecule has 150 valence electrons. The highest BCUT2D eigenvalue weighted by Crippen LogP contribution is 2.67. The van der Waals surface area contributed by atoms with E-state index in [2.05, 4.69) is 0 Å². The number of carboxylic acids is 1. The van der Waals surface area contributed by atoms with E-state index in [0.717, 1.165) is 0 Å². The van der Waals surface area contributed by atoms with Crippen LogP contribution in [-0.2, 0) is 4.79 Å². The predicted molar refractivity (Wildman–Crippen MR) is 40.4 cm³/mol. The number of halogens is 15. The Morgan fingerprint density at radius 1 is 0.480 bits per heavy atom. The number of carbonyl (C=O) groups excluding carboxylic acids is 1. The number of hydrogen-bond acceptors (Lipinski definition) is 2. The maximum Gasteiger partial charge on any atom is 0.459 e. The zero-order valence-corrected chi connectivity index (χ0v) is 10.5. The summed E-state index contributed by atoms with van der Waals surface area (Å²) in [7, 11) is 0. The van der Waals surface area contributed by atoms with E-state index in [0.29, 0.717) is 0 Å². The third-order valence-corrected chi connectivity index (χ3v) is 2.78. The fourth-order valence-electron chi connectivity index (χ4n) is 1.55. The molecule has 0 aromatic carbocycles. The summed E-state index contributed by atoms with van der Waals surface area (Å²) in [6.45, 7) is 0. The summed E-state index contributed by atoms with van der Waals surface area (Å²) in [4.78, 5) is 10.2. The standard InChI is InChI=1S/C8HF15O2/c9-3(10,5(13,14)8(21,22)23)2(1(24)25,6(15,16)17)4(11,12)7(18,19)20/h(H,24,25)/p-1. The van der Waals surface area contributed by atoms with E-state index in [1.165, 1.54) is 0 Å². The van der Waals surface area contributed by atoms with E-state index in [4.69, 9.17) is 0 Å². The molecule has 1 unspecified atom stereocenters. The van der Waals surface area contributed by atoms with Gasteiger partial charge in [-0.2, -0.15) is 65.9 Å². The maximum absolute atomic E-state index is 13.2. The normalized spacial score (nSPS) is 18.0. The molecule has 0 aromatic heterocycles. The number of hydrogen-bond donors (Lipinski definition) is 0. The van der Waals surface area contributed by atoms with Crippen LogP contribution in [0, 0.1) is 5.41 Å². The van der Waals surface area contributed by atoms with Crippen LogP contribution < -0.4 is 5.11 Å². The second kappa shape index (κ2) is 5.46. The van der Waals surface area contributed by atoms with Crippen molar-refractivity contribution < 1.29 is 75.8 Å². The summed E-state index contributed by atoms with van der Waals surface area (Å²) in [5.74, 6) is -30.5. The number of rotatable bonds is 4. The van der Waals surface area contributed by atoms with E-state index in [9.17, 15) is 75.8 Å². The van der Waals surface area contributed by atoms with Crippen LogP contribution in [0.2, 0.25) is 0 Å². The lowest BCUT2D eigenvalue weighted by Crippen LogP contribution is -2.78. The molecule has 0 radical (unpaired) electrons.